The van der Waals surface area contributed by atoms with Gasteiger partial charge in [-0.1, -0.05) is 6.07 Å². The second kappa shape index (κ2) is 4.56. The highest BCUT2D eigenvalue weighted by Crippen LogP contribution is 2.27. The lowest BCUT2D eigenvalue weighted by Gasteiger charge is -2.26. The van der Waals surface area contributed by atoms with Crippen molar-refractivity contribution in [2.45, 2.75) is 19.3 Å². The largest absolute Gasteiger partial charge is 0.478 e. The smallest absolute Gasteiger partial charge is 0.340 e. The summed E-state index contributed by atoms with van der Waals surface area (Å²) < 4.78 is 13.5. The molecule has 0 saturated carbocycles. The van der Waals surface area contributed by atoms with E-state index in [1.165, 1.54) is 12.1 Å². The number of benzene rings is 1. The minimum absolute atomic E-state index is 0.154. The standard InChI is InChI=1S/C12H10FNO4/c13-7-3-1-4-8(11(7)12(17)18)14-9(15)5-2-6-10(14)16/h1,3-4H,2,5-6H2,(H,17,18). The molecular weight excluding hydrogens is 241 g/mol. The Balaban J connectivity index is 2.56. The van der Waals surface area contributed by atoms with Gasteiger partial charge in [0.25, 0.3) is 0 Å². The van der Waals surface area contributed by atoms with E-state index in [1.807, 2.05) is 0 Å². The first-order valence-electron chi connectivity index (χ1n) is 5.40. The van der Waals surface area contributed by atoms with Gasteiger partial charge in [0.05, 0.1) is 5.69 Å². The topological polar surface area (TPSA) is 74.7 Å². The number of aromatic carboxylic acids is 1. The van der Waals surface area contributed by atoms with Crippen molar-refractivity contribution < 1.29 is 23.9 Å². The van der Waals surface area contributed by atoms with E-state index in [4.69, 9.17) is 5.11 Å². The Morgan fingerprint density at radius 1 is 1.22 bits per heavy atom. The van der Waals surface area contributed by atoms with Crippen molar-refractivity contribution in [1.82, 2.24) is 0 Å². The molecule has 0 bridgehead atoms. The number of carbonyl (C=O) groups excluding carboxylic acids is 2. The number of nitrogens with zero attached hydrogens (tertiary/aromatic N) is 1. The highest BCUT2D eigenvalue weighted by atomic mass is 19.1. The number of halogens is 1. The molecule has 1 fully saturated rings. The average Bonchev–Trinajstić information content (AvgIpc) is 2.28. The molecular formula is C12H10FNO4. The zero-order chi connectivity index (χ0) is 13.3. The fraction of sp³-hybridized carbons (Fsp3) is 0.250. The minimum Gasteiger partial charge on any atom is -0.478 e. The highest BCUT2D eigenvalue weighted by molar-refractivity contribution is 6.18. The second-order valence-corrected chi connectivity index (χ2v) is 3.92. The SMILES string of the molecule is O=C(O)c1c(F)cccc1N1C(=O)CCCC1=O. The van der Waals surface area contributed by atoms with Crippen molar-refractivity contribution in [1.29, 1.82) is 0 Å². The maximum absolute atomic E-state index is 13.5. The van der Waals surface area contributed by atoms with E-state index in [9.17, 15) is 18.8 Å². The van der Waals surface area contributed by atoms with Crippen molar-refractivity contribution in [2.75, 3.05) is 4.90 Å². The fourth-order valence-electron chi connectivity index (χ4n) is 1.93. The van der Waals surface area contributed by atoms with Crippen LogP contribution in [0.4, 0.5) is 10.1 Å². The van der Waals surface area contributed by atoms with Crippen LogP contribution < -0.4 is 4.90 Å². The molecule has 6 heteroatoms. The highest BCUT2D eigenvalue weighted by Gasteiger charge is 2.31. The third-order valence-electron chi connectivity index (χ3n) is 2.73. The maximum atomic E-state index is 13.5. The van der Waals surface area contributed by atoms with Crippen molar-refractivity contribution in [3.8, 4) is 0 Å². The molecule has 0 aliphatic carbocycles. The van der Waals surface area contributed by atoms with Gasteiger partial charge in [-0.15, -0.1) is 0 Å². The summed E-state index contributed by atoms with van der Waals surface area (Å²) >= 11 is 0. The molecule has 1 aliphatic heterocycles. The number of carboxylic acids is 1. The van der Waals surface area contributed by atoms with E-state index in [0.717, 1.165) is 11.0 Å². The molecule has 18 heavy (non-hydrogen) atoms. The van der Waals surface area contributed by atoms with E-state index in [-0.39, 0.29) is 18.5 Å². The Bertz CT molecular complexity index is 525. The van der Waals surface area contributed by atoms with E-state index in [2.05, 4.69) is 0 Å². The molecule has 1 heterocycles. The lowest BCUT2D eigenvalue weighted by molar-refractivity contribution is -0.129. The van der Waals surface area contributed by atoms with Gasteiger partial charge in [-0.25, -0.2) is 14.1 Å². The van der Waals surface area contributed by atoms with Crippen LogP contribution in [0.3, 0.4) is 0 Å². The van der Waals surface area contributed by atoms with E-state index >= 15 is 0 Å². The Hall–Kier alpha value is -2.24. The van der Waals surface area contributed by atoms with Crippen molar-refractivity contribution >= 4 is 23.5 Å². The van der Waals surface area contributed by atoms with E-state index < -0.39 is 29.2 Å². The number of carbonyl (C=O) groups is 3. The minimum atomic E-state index is -1.51. The van der Waals surface area contributed by atoms with Gasteiger partial charge in [-0.2, -0.15) is 0 Å². The number of carboxylic acid groups (broad SMARTS) is 1. The van der Waals surface area contributed by atoms with E-state index in [0.29, 0.717) is 6.42 Å². The number of hydrogen-bond acceptors (Lipinski definition) is 3. The summed E-state index contributed by atoms with van der Waals surface area (Å²) in [4.78, 5) is 35.1. The number of imide groups is 1. The molecule has 0 spiro atoms. The van der Waals surface area contributed by atoms with Gasteiger partial charge in [0.1, 0.15) is 11.4 Å². The molecule has 1 N–H and O–H groups in total. The lowest BCUT2D eigenvalue weighted by atomic mass is 10.1. The van der Waals surface area contributed by atoms with Crippen LogP contribution in [-0.4, -0.2) is 22.9 Å². The summed E-state index contributed by atoms with van der Waals surface area (Å²) in [5, 5.41) is 8.96. The first kappa shape index (κ1) is 12.2. The van der Waals surface area contributed by atoms with E-state index in [1.54, 1.807) is 0 Å². The fourth-order valence-corrected chi connectivity index (χ4v) is 1.93. The Labute approximate surface area is 102 Å². The molecule has 94 valence electrons. The summed E-state index contributed by atoms with van der Waals surface area (Å²) in [6, 6.07) is 3.51. The number of anilines is 1. The van der Waals surface area contributed by atoms with Crippen LogP contribution in [0, 0.1) is 5.82 Å². The average molecular weight is 251 g/mol. The van der Waals surface area contributed by atoms with Crippen LogP contribution in [0.1, 0.15) is 29.6 Å². The summed E-state index contributed by atoms with van der Waals surface area (Å²) in [5.74, 6) is -3.47. The number of amides is 2. The molecule has 5 nitrogen and oxygen atoms in total. The lowest BCUT2D eigenvalue weighted by Crippen LogP contribution is -2.41. The van der Waals surface area contributed by atoms with Gasteiger partial charge < -0.3 is 5.11 Å². The van der Waals surface area contributed by atoms with Crippen molar-refractivity contribution in [3.05, 3.63) is 29.6 Å². The first-order valence-corrected chi connectivity index (χ1v) is 5.40. The molecule has 0 unspecified atom stereocenters. The Morgan fingerprint density at radius 2 is 1.83 bits per heavy atom. The van der Waals surface area contributed by atoms with Gasteiger partial charge in [0.15, 0.2) is 0 Å². The molecule has 0 atom stereocenters. The van der Waals surface area contributed by atoms with Crippen LogP contribution in [-0.2, 0) is 9.59 Å². The maximum Gasteiger partial charge on any atom is 0.340 e. The quantitative estimate of drug-likeness (QED) is 0.809. The Morgan fingerprint density at radius 3 is 2.39 bits per heavy atom. The van der Waals surface area contributed by atoms with Gasteiger partial charge in [-0.05, 0) is 18.6 Å². The van der Waals surface area contributed by atoms with Crippen LogP contribution >= 0.6 is 0 Å². The van der Waals surface area contributed by atoms with Gasteiger partial charge >= 0.3 is 5.97 Å². The molecule has 1 aliphatic rings. The first-order chi connectivity index (χ1) is 8.52. The monoisotopic (exact) mass is 251 g/mol. The Kier molecular flexibility index (Phi) is 3.10. The molecule has 1 aromatic carbocycles. The van der Waals surface area contributed by atoms with Crippen LogP contribution in [0.2, 0.25) is 0 Å². The summed E-state index contributed by atoms with van der Waals surface area (Å²) in [5.41, 5.74) is -0.849. The molecule has 0 radical (unpaired) electrons. The number of rotatable bonds is 2. The normalized spacial score (nSPS) is 15.9. The second-order valence-electron chi connectivity index (χ2n) is 3.92. The molecule has 1 aromatic rings. The molecule has 2 rings (SSSR count). The van der Waals surface area contributed by atoms with Crippen molar-refractivity contribution in [3.63, 3.8) is 0 Å². The third kappa shape index (κ3) is 1.97. The van der Waals surface area contributed by atoms with Crippen molar-refractivity contribution in [2.24, 2.45) is 0 Å². The van der Waals surface area contributed by atoms with Gasteiger partial charge in [0.2, 0.25) is 11.8 Å². The summed E-state index contributed by atoms with van der Waals surface area (Å²) in [7, 11) is 0. The molecule has 0 aromatic heterocycles. The number of hydrogen-bond donors (Lipinski definition) is 1. The zero-order valence-electron chi connectivity index (χ0n) is 9.35. The van der Waals surface area contributed by atoms with Crippen LogP contribution in [0.25, 0.3) is 0 Å². The van der Waals surface area contributed by atoms with Crippen LogP contribution in [0.15, 0.2) is 18.2 Å². The molecule has 1 saturated heterocycles. The van der Waals surface area contributed by atoms with Gasteiger partial charge in [0, 0.05) is 12.8 Å². The zero-order valence-corrected chi connectivity index (χ0v) is 9.35. The van der Waals surface area contributed by atoms with Crippen LogP contribution in [0.5, 0.6) is 0 Å². The van der Waals surface area contributed by atoms with Gasteiger partial charge in [-0.3, -0.25) is 9.59 Å². The number of piperidine rings is 1. The third-order valence-corrected chi connectivity index (χ3v) is 2.73. The summed E-state index contributed by atoms with van der Waals surface area (Å²) in [6.07, 6.45) is 0.745. The molecule has 2 amide bonds. The summed E-state index contributed by atoms with van der Waals surface area (Å²) in [6.45, 7) is 0. The predicted octanol–water partition coefficient (Wildman–Crippen LogP) is 1.57. The predicted molar refractivity (Wildman–Crippen MR) is 59.7 cm³/mol.